The van der Waals surface area contributed by atoms with Crippen LogP contribution in [0.25, 0.3) is 0 Å². The molecule has 0 saturated carbocycles. The largest absolute Gasteiger partial charge is 0.357 e. The summed E-state index contributed by atoms with van der Waals surface area (Å²) in [7, 11) is 0. The summed E-state index contributed by atoms with van der Waals surface area (Å²) in [5.41, 5.74) is 0.222. The van der Waals surface area contributed by atoms with E-state index in [0.717, 1.165) is 25.6 Å². The minimum atomic E-state index is -0.127. The summed E-state index contributed by atoms with van der Waals surface area (Å²) in [5, 5.41) is 7.39. The molecule has 0 amide bonds. The number of likely N-dealkylation sites (tertiary alicyclic amines) is 1. The van der Waals surface area contributed by atoms with Gasteiger partial charge in [-0.05, 0) is 18.8 Å². The third-order valence-electron chi connectivity index (χ3n) is 3.79. The van der Waals surface area contributed by atoms with Crippen molar-refractivity contribution < 1.29 is 4.52 Å². The SMILES string of the molecule is CCNC(=NCc1noc(C(C)(C)C)n1)N1CCC(C)(C)C1.I. The minimum absolute atomic E-state index is 0. The fraction of sp³-hybridized carbons (Fsp3) is 0.812. The summed E-state index contributed by atoms with van der Waals surface area (Å²) in [6, 6.07) is 0. The van der Waals surface area contributed by atoms with Crippen molar-refractivity contribution in [2.45, 2.75) is 59.9 Å². The fourth-order valence-electron chi connectivity index (χ4n) is 2.49. The van der Waals surface area contributed by atoms with E-state index in [9.17, 15) is 0 Å². The number of nitrogens with zero attached hydrogens (tertiary/aromatic N) is 4. The van der Waals surface area contributed by atoms with Crippen LogP contribution in [0.1, 0.15) is 59.7 Å². The summed E-state index contributed by atoms with van der Waals surface area (Å²) in [4.78, 5) is 11.4. The number of hydrogen-bond donors (Lipinski definition) is 1. The second-order valence-corrected chi connectivity index (χ2v) is 7.77. The van der Waals surface area contributed by atoms with Crippen LogP contribution in [0.4, 0.5) is 0 Å². The van der Waals surface area contributed by atoms with E-state index in [4.69, 9.17) is 4.52 Å². The highest BCUT2D eigenvalue weighted by molar-refractivity contribution is 14.0. The molecule has 7 heteroatoms. The Kier molecular flexibility index (Phi) is 6.85. The number of hydrogen-bond acceptors (Lipinski definition) is 4. The van der Waals surface area contributed by atoms with Crippen LogP contribution in [0.5, 0.6) is 0 Å². The molecule has 1 aliphatic rings. The van der Waals surface area contributed by atoms with E-state index >= 15 is 0 Å². The van der Waals surface area contributed by atoms with Crippen molar-refractivity contribution in [3.05, 3.63) is 11.7 Å². The Morgan fingerprint density at radius 3 is 2.57 bits per heavy atom. The molecule has 2 rings (SSSR count). The summed E-state index contributed by atoms with van der Waals surface area (Å²) >= 11 is 0. The Morgan fingerprint density at radius 1 is 1.39 bits per heavy atom. The molecule has 1 N–H and O–H groups in total. The molecule has 0 atom stereocenters. The quantitative estimate of drug-likeness (QED) is 0.449. The van der Waals surface area contributed by atoms with Gasteiger partial charge in [-0.25, -0.2) is 4.99 Å². The van der Waals surface area contributed by atoms with Crippen molar-refractivity contribution in [1.29, 1.82) is 0 Å². The number of guanidine groups is 1. The zero-order chi connectivity index (χ0) is 16.4. The van der Waals surface area contributed by atoms with Crippen molar-refractivity contribution >= 4 is 29.9 Å². The third-order valence-corrected chi connectivity index (χ3v) is 3.79. The van der Waals surface area contributed by atoms with Gasteiger partial charge in [-0.15, -0.1) is 24.0 Å². The highest BCUT2D eigenvalue weighted by Gasteiger charge is 2.31. The van der Waals surface area contributed by atoms with Gasteiger partial charge in [-0.2, -0.15) is 4.98 Å². The van der Waals surface area contributed by atoms with Gasteiger partial charge in [0.1, 0.15) is 6.54 Å². The second-order valence-electron chi connectivity index (χ2n) is 7.77. The van der Waals surface area contributed by atoms with Crippen LogP contribution in [-0.2, 0) is 12.0 Å². The van der Waals surface area contributed by atoms with Gasteiger partial charge in [0.25, 0.3) is 0 Å². The molecule has 0 aliphatic carbocycles. The Morgan fingerprint density at radius 2 is 2.09 bits per heavy atom. The normalized spacial score (nSPS) is 18.0. The van der Waals surface area contributed by atoms with Crippen LogP contribution < -0.4 is 5.32 Å². The van der Waals surface area contributed by atoms with Gasteiger partial charge in [0, 0.05) is 25.0 Å². The molecule has 0 aromatic carbocycles. The lowest BCUT2D eigenvalue weighted by atomic mass is 9.93. The molecule has 23 heavy (non-hydrogen) atoms. The lowest BCUT2D eigenvalue weighted by molar-refractivity contribution is 0.318. The zero-order valence-electron chi connectivity index (χ0n) is 15.1. The van der Waals surface area contributed by atoms with Crippen LogP contribution in [0, 0.1) is 5.41 Å². The molecule has 0 radical (unpaired) electrons. The summed E-state index contributed by atoms with van der Waals surface area (Å²) in [6.07, 6.45) is 1.19. The molecule has 1 aliphatic heterocycles. The predicted molar refractivity (Wildman–Crippen MR) is 103 cm³/mol. The molecule has 1 fully saturated rings. The lowest BCUT2D eigenvalue weighted by Gasteiger charge is -2.23. The van der Waals surface area contributed by atoms with Crippen LogP contribution in [0.15, 0.2) is 9.52 Å². The van der Waals surface area contributed by atoms with Gasteiger partial charge < -0.3 is 14.7 Å². The first-order valence-corrected chi connectivity index (χ1v) is 8.07. The van der Waals surface area contributed by atoms with Crippen molar-refractivity contribution in [3.8, 4) is 0 Å². The van der Waals surface area contributed by atoms with E-state index in [2.05, 4.69) is 66.9 Å². The number of halogens is 1. The Labute approximate surface area is 156 Å². The molecular weight excluding hydrogens is 405 g/mol. The monoisotopic (exact) mass is 435 g/mol. The van der Waals surface area contributed by atoms with Crippen molar-refractivity contribution in [2.24, 2.45) is 10.4 Å². The maximum Gasteiger partial charge on any atom is 0.232 e. The van der Waals surface area contributed by atoms with E-state index < -0.39 is 0 Å². The Hall–Kier alpha value is -0.860. The number of aliphatic imine (C=N–C) groups is 1. The third kappa shape index (κ3) is 5.61. The van der Waals surface area contributed by atoms with Crippen molar-refractivity contribution in [2.75, 3.05) is 19.6 Å². The summed E-state index contributed by atoms with van der Waals surface area (Å²) in [5.74, 6) is 2.24. The molecule has 6 nitrogen and oxygen atoms in total. The van der Waals surface area contributed by atoms with Crippen LogP contribution in [0.3, 0.4) is 0 Å². The van der Waals surface area contributed by atoms with Crippen LogP contribution >= 0.6 is 24.0 Å². The molecule has 0 bridgehead atoms. The number of aromatic nitrogens is 2. The second kappa shape index (κ2) is 7.81. The average molecular weight is 435 g/mol. The summed E-state index contributed by atoms with van der Waals surface area (Å²) in [6.45, 7) is 16.2. The lowest BCUT2D eigenvalue weighted by Crippen LogP contribution is -2.40. The average Bonchev–Trinajstić information content (AvgIpc) is 3.00. The molecule has 1 aromatic heterocycles. The van der Waals surface area contributed by atoms with Gasteiger partial charge in [-0.3, -0.25) is 0 Å². The van der Waals surface area contributed by atoms with E-state index in [1.807, 2.05) is 0 Å². The van der Waals surface area contributed by atoms with Gasteiger partial charge in [-0.1, -0.05) is 39.8 Å². The van der Waals surface area contributed by atoms with Gasteiger partial charge in [0.2, 0.25) is 5.89 Å². The highest BCUT2D eigenvalue weighted by Crippen LogP contribution is 2.28. The predicted octanol–water partition coefficient (Wildman–Crippen LogP) is 3.18. The Bertz CT molecular complexity index is 533. The molecule has 0 spiro atoms. The zero-order valence-corrected chi connectivity index (χ0v) is 17.5. The molecule has 1 saturated heterocycles. The van der Waals surface area contributed by atoms with E-state index in [-0.39, 0.29) is 29.4 Å². The van der Waals surface area contributed by atoms with E-state index in [1.165, 1.54) is 6.42 Å². The molecular formula is C16H30IN5O. The number of rotatable bonds is 3. The standard InChI is InChI=1S/C16H29N5O.HI/c1-7-17-14(21-9-8-16(5,6)11-21)18-10-12-19-13(22-20-12)15(2,3)4;/h7-11H2,1-6H3,(H,17,18);1H. The van der Waals surface area contributed by atoms with Crippen molar-refractivity contribution in [1.82, 2.24) is 20.4 Å². The van der Waals surface area contributed by atoms with Gasteiger partial charge in [0.05, 0.1) is 0 Å². The first-order valence-electron chi connectivity index (χ1n) is 8.07. The maximum absolute atomic E-state index is 5.32. The van der Waals surface area contributed by atoms with E-state index in [1.54, 1.807) is 0 Å². The van der Waals surface area contributed by atoms with Crippen molar-refractivity contribution in [3.63, 3.8) is 0 Å². The Balaban J connectivity index is 0.00000264. The minimum Gasteiger partial charge on any atom is -0.357 e. The first-order chi connectivity index (χ1) is 10.2. The fourth-order valence-corrected chi connectivity index (χ4v) is 2.49. The van der Waals surface area contributed by atoms with Gasteiger partial charge in [0.15, 0.2) is 11.8 Å². The smallest absolute Gasteiger partial charge is 0.232 e. The van der Waals surface area contributed by atoms with Gasteiger partial charge >= 0.3 is 0 Å². The topological polar surface area (TPSA) is 66.5 Å². The molecule has 0 unspecified atom stereocenters. The molecule has 132 valence electrons. The highest BCUT2D eigenvalue weighted by atomic mass is 127. The van der Waals surface area contributed by atoms with E-state index in [0.29, 0.717) is 23.7 Å². The first kappa shape index (κ1) is 20.2. The van der Waals surface area contributed by atoms with Crippen LogP contribution in [-0.4, -0.2) is 40.6 Å². The summed E-state index contributed by atoms with van der Waals surface area (Å²) < 4.78 is 5.32. The maximum atomic E-state index is 5.32. The molecule has 2 heterocycles. The molecule has 1 aromatic rings. The number of nitrogens with one attached hydrogen (secondary N) is 1. The van der Waals surface area contributed by atoms with Crippen LogP contribution in [0.2, 0.25) is 0 Å².